The third-order valence-electron chi connectivity index (χ3n) is 5.92. The summed E-state index contributed by atoms with van der Waals surface area (Å²) in [6.45, 7) is 0. The molecule has 0 aromatic heterocycles. The van der Waals surface area contributed by atoms with Gasteiger partial charge in [-0.2, -0.15) is 0 Å². The molecule has 0 bridgehead atoms. The Kier molecular flexibility index (Phi) is 9.33. The van der Waals surface area contributed by atoms with Gasteiger partial charge in [-0.05, 0) is 56.1 Å². The maximum Gasteiger partial charge on any atom is 0.303 e. The fourth-order valence-electron chi connectivity index (χ4n) is 4.36. The Morgan fingerprint density at radius 2 is 1.50 bits per heavy atom. The Morgan fingerprint density at radius 3 is 2.10 bits per heavy atom. The summed E-state index contributed by atoms with van der Waals surface area (Å²) in [5, 5.41) is 39.4. The molecule has 4 N–H and O–H groups in total. The van der Waals surface area contributed by atoms with Gasteiger partial charge < -0.3 is 20.4 Å². The van der Waals surface area contributed by atoms with Gasteiger partial charge >= 0.3 is 5.97 Å². The van der Waals surface area contributed by atoms with Gasteiger partial charge in [-0.3, -0.25) is 9.59 Å². The number of hydrogen-bond acceptors (Lipinski definition) is 5. The van der Waals surface area contributed by atoms with Crippen LogP contribution >= 0.6 is 0 Å². The molecule has 2 unspecified atom stereocenters. The lowest BCUT2D eigenvalue weighted by molar-refractivity contribution is -0.137. The number of carbonyl (C=O) groups is 2. The molecule has 1 aliphatic carbocycles. The van der Waals surface area contributed by atoms with Crippen LogP contribution in [0.5, 0.6) is 0 Å². The van der Waals surface area contributed by atoms with E-state index in [1.807, 2.05) is 0 Å². The Hall–Kier alpha value is -1.90. The Morgan fingerprint density at radius 1 is 0.933 bits per heavy atom. The fourth-order valence-corrected chi connectivity index (χ4v) is 4.36. The average Bonchev–Trinajstić information content (AvgIpc) is 2.93. The highest BCUT2D eigenvalue weighted by molar-refractivity contribution is 5.99. The molecule has 0 radical (unpaired) electrons. The Bertz CT molecular complexity index is 705. The van der Waals surface area contributed by atoms with E-state index < -0.39 is 41.7 Å². The molecule has 1 aliphatic rings. The van der Waals surface area contributed by atoms with Gasteiger partial charge in [-0.25, -0.2) is 8.78 Å². The van der Waals surface area contributed by atoms with Crippen molar-refractivity contribution in [2.24, 2.45) is 11.8 Å². The maximum atomic E-state index is 13.3. The largest absolute Gasteiger partial charge is 0.481 e. The van der Waals surface area contributed by atoms with Crippen molar-refractivity contribution in [3.63, 3.8) is 0 Å². The van der Waals surface area contributed by atoms with Gasteiger partial charge in [0.05, 0.1) is 12.2 Å². The number of aliphatic carboxylic acids is 1. The first-order valence-corrected chi connectivity index (χ1v) is 10.4. The number of rotatable bonds is 12. The topological polar surface area (TPSA) is 115 Å². The highest BCUT2D eigenvalue weighted by Gasteiger charge is 2.41. The monoisotopic (exact) mass is 428 g/mol. The van der Waals surface area contributed by atoms with E-state index in [0.29, 0.717) is 25.3 Å². The minimum Gasteiger partial charge on any atom is -0.481 e. The molecule has 5 atom stereocenters. The van der Waals surface area contributed by atoms with Gasteiger partial charge in [0.15, 0.2) is 5.78 Å². The van der Waals surface area contributed by atoms with Crippen LogP contribution in [0.15, 0.2) is 18.2 Å². The lowest BCUT2D eigenvalue weighted by Crippen LogP contribution is -2.26. The maximum absolute atomic E-state index is 13.3. The van der Waals surface area contributed by atoms with Gasteiger partial charge in [-0.15, -0.1) is 0 Å². The number of carbonyl (C=O) groups excluding carboxylic acids is 1. The van der Waals surface area contributed by atoms with E-state index in [4.69, 9.17) is 5.11 Å². The SMILES string of the molecule is O=C(O)CCCCCC[C@@H]1C(CCC(O)C(=O)c2cc(F)cc(F)c2)[C@H](O)C[C@@H]1O. The number of hydrogen-bond donors (Lipinski definition) is 4. The van der Waals surface area contributed by atoms with Gasteiger partial charge in [-0.1, -0.05) is 19.3 Å². The van der Waals surface area contributed by atoms with Crippen LogP contribution < -0.4 is 0 Å². The Labute approximate surface area is 174 Å². The molecule has 168 valence electrons. The van der Waals surface area contributed by atoms with Crippen LogP contribution in [-0.2, 0) is 4.79 Å². The molecule has 1 aromatic carbocycles. The van der Waals surface area contributed by atoms with Crippen LogP contribution in [0, 0.1) is 23.5 Å². The van der Waals surface area contributed by atoms with E-state index in [-0.39, 0.29) is 36.7 Å². The zero-order valence-corrected chi connectivity index (χ0v) is 16.8. The summed E-state index contributed by atoms with van der Waals surface area (Å²) in [7, 11) is 0. The molecule has 0 aliphatic heterocycles. The molecule has 8 heteroatoms. The van der Waals surface area contributed by atoms with Crippen molar-refractivity contribution in [3.05, 3.63) is 35.4 Å². The van der Waals surface area contributed by atoms with Gasteiger partial charge in [0.2, 0.25) is 0 Å². The number of ketones is 1. The van der Waals surface area contributed by atoms with Crippen molar-refractivity contribution < 1.29 is 38.8 Å². The molecule has 0 saturated heterocycles. The standard InChI is InChI=1S/C22H30F2O6/c23-14-9-13(10-15(24)11-14)22(30)18(25)8-7-17-16(19(26)12-20(17)27)5-3-1-2-4-6-21(28)29/h9-11,16-20,25-27H,1-8,12H2,(H,28,29)/t16-,17?,18?,19+,20-/m1/s1. The van der Waals surface area contributed by atoms with Crippen molar-refractivity contribution in [3.8, 4) is 0 Å². The van der Waals surface area contributed by atoms with Crippen molar-refractivity contribution in [1.29, 1.82) is 0 Å². The van der Waals surface area contributed by atoms with Crippen LogP contribution in [0.4, 0.5) is 8.78 Å². The molecule has 0 amide bonds. The van der Waals surface area contributed by atoms with Crippen molar-refractivity contribution >= 4 is 11.8 Å². The second-order valence-corrected chi connectivity index (χ2v) is 8.16. The lowest BCUT2D eigenvalue weighted by atomic mass is 9.84. The second kappa shape index (κ2) is 11.5. The summed E-state index contributed by atoms with van der Waals surface area (Å²) in [4.78, 5) is 22.8. The highest BCUT2D eigenvalue weighted by Crippen LogP contribution is 2.39. The summed E-state index contributed by atoms with van der Waals surface area (Å²) in [6, 6.07) is 2.39. The van der Waals surface area contributed by atoms with E-state index in [1.165, 1.54) is 0 Å². The second-order valence-electron chi connectivity index (χ2n) is 8.16. The van der Waals surface area contributed by atoms with E-state index in [9.17, 15) is 33.7 Å². The van der Waals surface area contributed by atoms with Crippen molar-refractivity contribution in [1.82, 2.24) is 0 Å². The number of halogens is 2. The normalized spacial score (nSPS) is 24.7. The minimum absolute atomic E-state index is 0.0144. The van der Waals surface area contributed by atoms with Crippen LogP contribution in [0.1, 0.15) is 68.1 Å². The van der Waals surface area contributed by atoms with E-state index in [1.54, 1.807) is 0 Å². The quantitative estimate of drug-likeness (QED) is 0.300. The molecule has 0 spiro atoms. The predicted molar refractivity (Wildman–Crippen MR) is 105 cm³/mol. The molecular formula is C22H30F2O6. The molecule has 30 heavy (non-hydrogen) atoms. The number of unbranched alkanes of at least 4 members (excludes halogenated alkanes) is 3. The van der Waals surface area contributed by atoms with Gasteiger partial charge in [0.25, 0.3) is 0 Å². The number of aliphatic hydroxyl groups excluding tert-OH is 3. The van der Waals surface area contributed by atoms with Crippen LogP contribution in [0.3, 0.4) is 0 Å². The average molecular weight is 428 g/mol. The summed E-state index contributed by atoms with van der Waals surface area (Å²) >= 11 is 0. The number of Topliss-reactive ketones (excluding diaryl/α,β-unsaturated/α-hetero) is 1. The summed E-state index contributed by atoms with van der Waals surface area (Å²) < 4.78 is 26.6. The molecule has 0 heterocycles. The van der Waals surface area contributed by atoms with E-state index in [0.717, 1.165) is 31.4 Å². The lowest BCUT2D eigenvalue weighted by Gasteiger charge is -2.24. The predicted octanol–water partition coefficient (Wildman–Crippen LogP) is 3.07. The van der Waals surface area contributed by atoms with Gasteiger partial charge in [0, 0.05) is 18.1 Å². The van der Waals surface area contributed by atoms with Crippen LogP contribution in [0.25, 0.3) is 0 Å². The zero-order chi connectivity index (χ0) is 22.3. The highest BCUT2D eigenvalue weighted by atomic mass is 19.1. The van der Waals surface area contributed by atoms with Crippen molar-refractivity contribution in [2.75, 3.05) is 0 Å². The first-order chi connectivity index (χ1) is 14.2. The molecule has 1 saturated carbocycles. The van der Waals surface area contributed by atoms with Crippen molar-refractivity contribution in [2.45, 2.75) is 76.1 Å². The summed E-state index contributed by atoms with van der Waals surface area (Å²) in [5.74, 6) is -3.86. The third-order valence-corrected chi connectivity index (χ3v) is 5.92. The fraction of sp³-hybridized carbons (Fsp3) is 0.636. The number of carboxylic acids is 1. The molecule has 1 fully saturated rings. The number of carboxylic acid groups (broad SMARTS) is 1. The summed E-state index contributed by atoms with van der Waals surface area (Å²) in [6.07, 6.45) is 1.46. The summed E-state index contributed by atoms with van der Waals surface area (Å²) in [5.41, 5.74) is -0.245. The van der Waals surface area contributed by atoms with Crippen LogP contribution in [0.2, 0.25) is 0 Å². The zero-order valence-electron chi connectivity index (χ0n) is 16.8. The van der Waals surface area contributed by atoms with E-state index in [2.05, 4.69) is 0 Å². The number of aliphatic hydroxyl groups is 3. The van der Waals surface area contributed by atoms with Crippen LogP contribution in [-0.4, -0.2) is 50.5 Å². The molecule has 1 aromatic rings. The molecule has 6 nitrogen and oxygen atoms in total. The van der Waals surface area contributed by atoms with E-state index >= 15 is 0 Å². The first kappa shape index (κ1) is 24.4. The molecule has 2 rings (SSSR count). The third kappa shape index (κ3) is 7.11. The first-order valence-electron chi connectivity index (χ1n) is 10.4. The number of benzene rings is 1. The Balaban J connectivity index is 1.85. The minimum atomic E-state index is -1.45. The van der Waals surface area contributed by atoms with Gasteiger partial charge in [0.1, 0.15) is 17.7 Å². The smallest absolute Gasteiger partial charge is 0.303 e. The molecular weight excluding hydrogens is 398 g/mol.